The van der Waals surface area contributed by atoms with Gasteiger partial charge in [0.15, 0.2) is 17.5 Å². The molecular weight excluding hydrogens is 529 g/mol. The second-order valence-corrected chi connectivity index (χ2v) is 8.01. The van der Waals surface area contributed by atoms with Crippen molar-refractivity contribution < 1.29 is 9.47 Å². The van der Waals surface area contributed by atoms with Gasteiger partial charge in [0.2, 0.25) is 0 Å². The zero-order chi connectivity index (χ0) is 22.8. The van der Waals surface area contributed by atoms with Crippen LogP contribution in [0.25, 0.3) is 0 Å². The summed E-state index contributed by atoms with van der Waals surface area (Å²) in [5, 5.41) is 6.66. The average Bonchev–Trinajstić information content (AvgIpc) is 2.81. The van der Waals surface area contributed by atoms with Gasteiger partial charge >= 0.3 is 0 Å². The van der Waals surface area contributed by atoms with Crippen LogP contribution < -0.4 is 20.1 Å². The van der Waals surface area contributed by atoms with Crippen LogP contribution in [0.4, 0.5) is 5.69 Å². The van der Waals surface area contributed by atoms with E-state index in [4.69, 9.17) is 14.5 Å². The highest BCUT2D eigenvalue weighted by molar-refractivity contribution is 14.0. The Kier molecular flexibility index (Phi) is 11.8. The predicted octanol–water partition coefficient (Wildman–Crippen LogP) is 4.04. The van der Waals surface area contributed by atoms with Gasteiger partial charge in [-0.05, 0) is 44.2 Å². The molecular formula is C25H38IN5O2. The SMILES string of the molecule is CCNC(=NCc1ccc(CN2CCN(C)CC2)cc1)Nc1ccc(OCC)c(OC)c1.I. The Balaban J connectivity index is 0.00000385. The van der Waals surface area contributed by atoms with Crippen molar-refractivity contribution in [3.8, 4) is 11.5 Å². The predicted molar refractivity (Wildman–Crippen MR) is 147 cm³/mol. The molecule has 33 heavy (non-hydrogen) atoms. The third-order valence-corrected chi connectivity index (χ3v) is 5.52. The molecule has 1 aliphatic rings. The van der Waals surface area contributed by atoms with Crippen LogP contribution in [-0.4, -0.2) is 69.2 Å². The van der Waals surface area contributed by atoms with Crippen molar-refractivity contribution in [2.45, 2.75) is 26.9 Å². The molecule has 182 valence electrons. The molecule has 3 rings (SSSR count). The number of halogens is 1. The number of anilines is 1. The Morgan fingerprint density at radius 3 is 2.30 bits per heavy atom. The van der Waals surface area contributed by atoms with Crippen molar-refractivity contribution in [2.75, 3.05) is 58.8 Å². The van der Waals surface area contributed by atoms with Gasteiger partial charge in [-0.2, -0.15) is 0 Å². The monoisotopic (exact) mass is 567 g/mol. The summed E-state index contributed by atoms with van der Waals surface area (Å²) >= 11 is 0. The number of aliphatic imine (C=N–C) groups is 1. The van der Waals surface area contributed by atoms with E-state index in [0.29, 0.717) is 18.9 Å². The number of methoxy groups -OCH3 is 1. The van der Waals surface area contributed by atoms with E-state index in [0.717, 1.165) is 56.7 Å². The number of nitrogens with one attached hydrogen (secondary N) is 2. The second-order valence-electron chi connectivity index (χ2n) is 8.01. The number of hydrogen-bond acceptors (Lipinski definition) is 5. The first-order valence-electron chi connectivity index (χ1n) is 11.5. The molecule has 2 aromatic rings. The van der Waals surface area contributed by atoms with E-state index < -0.39 is 0 Å². The molecule has 0 atom stereocenters. The van der Waals surface area contributed by atoms with E-state index in [1.807, 2.05) is 25.1 Å². The summed E-state index contributed by atoms with van der Waals surface area (Å²) in [7, 11) is 3.84. The number of likely N-dealkylation sites (N-methyl/N-ethyl adjacent to an activating group) is 1. The summed E-state index contributed by atoms with van der Waals surface area (Å²) in [5.74, 6) is 2.17. The van der Waals surface area contributed by atoms with Crippen molar-refractivity contribution in [1.82, 2.24) is 15.1 Å². The van der Waals surface area contributed by atoms with Gasteiger partial charge in [0.05, 0.1) is 20.3 Å². The van der Waals surface area contributed by atoms with Gasteiger partial charge in [0, 0.05) is 51.0 Å². The second kappa shape index (κ2) is 14.3. The minimum atomic E-state index is 0. The first kappa shape index (κ1) is 27.2. The fourth-order valence-electron chi connectivity index (χ4n) is 3.65. The fourth-order valence-corrected chi connectivity index (χ4v) is 3.65. The highest BCUT2D eigenvalue weighted by atomic mass is 127. The van der Waals surface area contributed by atoms with Gasteiger partial charge in [-0.25, -0.2) is 4.99 Å². The van der Waals surface area contributed by atoms with Crippen LogP contribution in [0.5, 0.6) is 11.5 Å². The number of ether oxygens (including phenoxy) is 2. The van der Waals surface area contributed by atoms with Crippen molar-refractivity contribution in [3.05, 3.63) is 53.6 Å². The molecule has 1 aliphatic heterocycles. The third-order valence-electron chi connectivity index (χ3n) is 5.52. The molecule has 1 saturated heterocycles. The topological polar surface area (TPSA) is 61.4 Å². The maximum Gasteiger partial charge on any atom is 0.196 e. The quantitative estimate of drug-likeness (QED) is 0.271. The first-order valence-corrected chi connectivity index (χ1v) is 11.5. The molecule has 0 spiro atoms. The minimum Gasteiger partial charge on any atom is -0.493 e. The Morgan fingerprint density at radius 1 is 0.970 bits per heavy atom. The Bertz CT molecular complexity index is 868. The van der Waals surface area contributed by atoms with Crippen LogP contribution in [0.15, 0.2) is 47.5 Å². The average molecular weight is 568 g/mol. The van der Waals surface area contributed by atoms with Gasteiger partial charge in [-0.1, -0.05) is 24.3 Å². The molecule has 8 heteroatoms. The maximum atomic E-state index is 5.60. The Hall–Kier alpha value is -2.04. The van der Waals surface area contributed by atoms with Crippen LogP contribution in [-0.2, 0) is 13.1 Å². The summed E-state index contributed by atoms with van der Waals surface area (Å²) in [6.07, 6.45) is 0. The van der Waals surface area contributed by atoms with Crippen LogP contribution in [0.3, 0.4) is 0 Å². The molecule has 7 nitrogen and oxygen atoms in total. The molecule has 0 aromatic heterocycles. The van der Waals surface area contributed by atoms with Crippen molar-refractivity contribution >= 4 is 35.6 Å². The molecule has 1 fully saturated rings. The van der Waals surface area contributed by atoms with Gasteiger partial charge in [0.25, 0.3) is 0 Å². The molecule has 0 aliphatic carbocycles. The van der Waals surface area contributed by atoms with Crippen molar-refractivity contribution in [2.24, 2.45) is 4.99 Å². The molecule has 0 bridgehead atoms. The smallest absolute Gasteiger partial charge is 0.196 e. The lowest BCUT2D eigenvalue weighted by atomic mass is 10.1. The molecule has 0 unspecified atom stereocenters. The highest BCUT2D eigenvalue weighted by Gasteiger charge is 2.13. The van der Waals surface area contributed by atoms with Crippen LogP contribution in [0, 0.1) is 0 Å². The highest BCUT2D eigenvalue weighted by Crippen LogP contribution is 2.30. The first-order chi connectivity index (χ1) is 15.6. The lowest BCUT2D eigenvalue weighted by Crippen LogP contribution is -2.43. The molecule has 2 aromatic carbocycles. The largest absolute Gasteiger partial charge is 0.493 e. The lowest BCUT2D eigenvalue weighted by Gasteiger charge is -2.32. The Labute approximate surface area is 215 Å². The van der Waals surface area contributed by atoms with Crippen LogP contribution in [0.1, 0.15) is 25.0 Å². The number of rotatable bonds is 9. The number of nitrogens with zero attached hydrogens (tertiary/aromatic N) is 3. The summed E-state index contributed by atoms with van der Waals surface area (Å²) in [6, 6.07) is 14.6. The summed E-state index contributed by atoms with van der Waals surface area (Å²) < 4.78 is 11.0. The molecule has 2 N–H and O–H groups in total. The van der Waals surface area contributed by atoms with Crippen molar-refractivity contribution in [3.63, 3.8) is 0 Å². The summed E-state index contributed by atoms with van der Waals surface area (Å²) in [5.41, 5.74) is 3.44. The normalized spacial score (nSPS) is 15.0. The Morgan fingerprint density at radius 2 is 1.67 bits per heavy atom. The van der Waals surface area contributed by atoms with Crippen LogP contribution >= 0.6 is 24.0 Å². The van der Waals surface area contributed by atoms with E-state index in [9.17, 15) is 0 Å². The number of benzene rings is 2. The van der Waals surface area contributed by atoms with E-state index in [2.05, 4.69) is 58.7 Å². The summed E-state index contributed by atoms with van der Waals surface area (Å²) in [4.78, 5) is 9.66. The standard InChI is InChI=1S/C25H37N5O2.HI/c1-5-26-25(28-22-11-12-23(32-6-2)24(17-22)31-4)27-18-20-7-9-21(10-8-20)19-30-15-13-29(3)14-16-30;/h7-12,17H,5-6,13-16,18-19H2,1-4H3,(H2,26,27,28);1H. The zero-order valence-corrected chi connectivity index (χ0v) is 22.6. The molecule has 0 amide bonds. The van der Waals surface area contributed by atoms with Gasteiger partial charge in [-0.3, -0.25) is 4.90 Å². The summed E-state index contributed by atoms with van der Waals surface area (Å²) in [6.45, 7) is 11.6. The van der Waals surface area contributed by atoms with E-state index in [1.165, 1.54) is 11.1 Å². The number of hydrogen-bond donors (Lipinski definition) is 2. The van der Waals surface area contributed by atoms with E-state index in [1.54, 1.807) is 7.11 Å². The van der Waals surface area contributed by atoms with E-state index >= 15 is 0 Å². The fraction of sp³-hybridized carbons (Fsp3) is 0.480. The number of guanidine groups is 1. The molecule has 0 saturated carbocycles. The number of piperazine rings is 1. The van der Waals surface area contributed by atoms with Gasteiger partial charge < -0.3 is 25.0 Å². The van der Waals surface area contributed by atoms with Crippen molar-refractivity contribution in [1.29, 1.82) is 0 Å². The third kappa shape index (κ3) is 8.68. The van der Waals surface area contributed by atoms with E-state index in [-0.39, 0.29) is 24.0 Å². The maximum absolute atomic E-state index is 5.60. The lowest BCUT2D eigenvalue weighted by molar-refractivity contribution is 0.148. The van der Waals surface area contributed by atoms with Gasteiger partial charge in [0.1, 0.15) is 0 Å². The van der Waals surface area contributed by atoms with Gasteiger partial charge in [-0.15, -0.1) is 24.0 Å². The molecule has 1 heterocycles. The van der Waals surface area contributed by atoms with Crippen LogP contribution in [0.2, 0.25) is 0 Å². The minimum absolute atomic E-state index is 0. The zero-order valence-electron chi connectivity index (χ0n) is 20.3. The molecule has 0 radical (unpaired) electrons.